The molecule has 0 aromatic rings. The molecule has 0 saturated heterocycles. The molecular weight excluding hydrogens is 134 g/mol. The topological polar surface area (TPSA) is 0 Å². The lowest BCUT2D eigenvalue weighted by molar-refractivity contribution is 0.463. The molecule has 1 aliphatic rings. The van der Waals surface area contributed by atoms with E-state index in [2.05, 4.69) is 0 Å². The van der Waals surface area contributed by atoms with Gasteiger partial charge < -0.3 is 0 Å². The Hall–Kier alpha value is -0.660. The average Bonchev–Trinajstić information content (AvgIpc) is 1.84. The lowest BCUT2D eigenvalue weighted by atomic mass is 9.95. The minimum atomic E-state index is -0.407. The van der Waals surface area contributed by atoms with Gasteiger partial charge in [-0.05, 0) is 18.9 Å². The normalized spacial score (nSPS) is 26.8. The third-order valence-corrected chi connectivity index (χ3v) is 1.76. The van der Waals surface area contributed by atoms with Gasteiger partial charge in [-0.3, -0.25) is 0 Å². The zero-order valence-corrected chi connectivity index (χ0v) is 6.12. The fourth-order valence-corrected chi connectivity index (χ4v) is 1.04. The van der Waals surface area contributed by atoms with Crippen molar-refractivity contribution >= 4 is 0 Å². The van der Waals surface area contributed by atoms with Gasteiger partial charge in [-0.15, -0.1) is 0 Å². The van der Waals surface area contributed by atoms with Gasteiger partial charge in [0.25, 0.3) is 0 Å². The maximum atomic E-state index is 12.6. The Labute approximate surface area is 59.2 Å². The molecule has 56 valence electrons. The van der Waals surface area contributed by atoms with Crippen LogP contribution in [0.4, 0.5) is 8.78 Å². The lowest BCUT2D eigenvalue weighted by Crippen LogP contribution is -2.02. The highest BCUT2D eigenvalue weighted by molar-refractivity contribution is 5.26. The van der Waals surface area contributed by atoms with Gasteiger partial charge >= 0.3 is 0 Å². The average molecular weight is 144 g/mol. The van der Waals surface area contributed by atoms with Crippen molar-refractivity contribution in [2.45, 2.75) is 20.3 Å². The van der Waals surface area contributed by atoms with Crippen molar-refractivity contribution in [2.24, 2.45) is 5.92 Å². The van der Waals surface area contributed by atoms with Crippen LogP contribution in [0.1, 0.15) is 20.3 Å². The molecule has 10 heavy (non-hydrogen) atoms. The summed E-state index contributed by atoms with van der Waals surface area (Å²) in [7, 11) is 0. The summed E-state index contributed by atoms with van der Waals surface area (Å²) < 4.78 is 25.2. The Morgan fingerprint density at radius 3 is 2.60 bits per heavy atom. The Balaban J connectivity index is 2.88. The third kappa shape index (κ3) is 1.25. The SMILES string of the molecule is CC1=C(F)C=C(F)C(C)C1. The molecule has 0 N–H and O–H groups in total. The van der Waals surface area contributed by atoms with E-state index in [4.69, 9.17) is 0 Å². The molecule has 0 fully saturated rings. The van der Waals surface area contributed by atoms with Gasteiger partial charge in [0, 0.05) is 12.0 Å². The maximum Gasteiger partial charge on any atom is 0.124 e. The van der Waals surface area contributed by atoms with Gasteiger partial charge in [-0.2, -0.15) is 0 Å². The van der Waals surface area contributed by atoms with E-state index in [1.54, 1.807) is 13.8 Å². The van der Waals surface area contributed by atoms with Gasteiger partial charge in [0.05, 0.1) is 0 Å². The predicted octanol–water partition coefficient (Wildman–Crippen LogP) is 3.12. The molecule has 0 amide bonds. The van der Waals surface area contributed by atoms with E-state index in [1.807, 2.05) is 0 Å². The second-order valence-electron chi connectivity index (χ2n) is 2.76. The molecule has 2 heteroatoms. The summed E-state index contributed by atoms with van der Waals surface area (Å²) in [5.41, 5.74) is 0.647. The predicted molar refractivity (Wildman–Crippen MR) is 36.8 cm³/mol. The van der Waals surface area contributed by atoms with Gasteiger partial charge in [-0.25, -0.2) is 8.78 Å². The van der Waals surface area contributed by atoms with E-state index in [9.17, 15) is 8.78 Å². The van der Waals surface area contributed by atoms with Crippen LogP contribution in [0.15, 0.2) is 23.3 Å². The monoisotopic (exact) mass is 144 g/mol. The third-order valence-electron chi connectivity index (χ3n) is 1.76. The van der Waals surface area contributed by atoms with Crippen molar-refractivity contribution in [3.8, 4) is 0 Å². The first-order valence-electron chi connectivity index (χ1n) is 3.33. The molecule has 0 nitrogen and oxygen atoms in total. The Kier molecular flexibility index (Phi) is 1.88. The molecule has 0 saturated carbocycles. The van der Waals surface area contributed by atoms with E-state index >= 15 is 0 Å². The van der Waals surface area contributed by atoms with Crippen LogP contribution in [0, 0.1) is 5.92 Å². The van der Waals surface area contributed by atoms with Crippen LogP contribution in [0.25, 0.3) is 0 Å². The first-order valence-corrected chi connectivity index (χ1v) is 3.33. The number of rotatable bonds is 0. The minimum absolute atomic E-state index is 0.139. The highest BCUT2D eigenvalue weighted by Gasteiger charge is 2.16. The number of halogens is 2. The summed E-state index contributed by atoms with van der Waals surface area (Å²) in [6, 6.07) is 0. The quantitative estimate of drug-likeness (QED) is 0.490. The first kappa shape index (κ1) is 7.45. The van der Waals surface area contributed by atoms with E-state index in [0.717, 1.165) is 6.08 Å². The van der Waals surface area contributed by atoms with E-state index < -0.39 is 5.83 Å². The molecule has 1 atom stereocenters. The Morgan fingerprint density at radius 2 is 2.10 bits per heavy atom. The van der Waals surface area contributed by atoms with Crippen molar-refractivity contribution in [2.75, 3.05) is 0 Å². The van der Waals surface area contributed by atoms with Crippen molar-refractivity contribution in [3.63, 3.8) is 0 Å². The summed E-state index contributed by atoms with van der Waals surface area (Å²) in [6.45, 7) is 3.44. The van der Waals surface area contributed by atoms with Crippen LogP contribution in [0.5, 0.6) is 0 Å². The standard InChI is InChI=1S/C8H10F2/c1-5-3-6(2)8(10)4-7(5)9/h4-5H,3H2,1-2H3. The summed E-state index contributed by atoms with van der Waals surface area (Å²) >= 11 is 0. The fourth-order valence-electron chi connectivity index (χ4n) is 1.04. The zero-order valence-electron chi connectivity index (χ0n) is 6.12. The van der Waals surface area contributed by atoms with Crippen LogP contribution in [-0.4, -0.2) is 0 Å². The molecule has 1 unspecified atom stereocenters. The second-order valence-corrected chi connectivity index (χ2v) is 2.76. The Bertz CT molecular complexity index is 201. The summed E-state index contributed by atoms with van der Waals surface area (Å²) in [5.74, 6) is -0.891. The van der Waals surface area contributed by atoms with Gasteiger partial charge in [0.2, 0.25) is 0 Å². The molecule has 0 aromatic heterocycles. The van der Waals surface area contributed by atoms with Crippen LogP contribution in [-0.2, 0) is 0 Å². The number of allylic oxidation sites excluding steroid dienone is 4. The van der Waals surface area contributed by atoms with Crippen molar-refractivity contribution < 1.29 is 8.78 Å². The van der Waals surface area contributed by atoms with Crippen molar-refractivity contribution in [3.05, 3.63) is 23.3 Å². The van der Waals surface area contributed by atoms with Crippen molar-refractivity contribution in [1.29, 1.82) is 0 Å². The molecule has 1 rings (SSSR count). The van der Waals surface area contributed by atoms with Gasteiger partial charge in [0.1, 0.15) is 11.7 Å². The molecule has 0 bridgehead atoms. The van der Waals surface area contributed by atoms with Crippen LogP contribution in [0.3, 0.4) is 0 Å². The molecule has 0 heterocycles. The Morgan fingerprint density at radius 1 is 1.50 bits per heavy atom. The largest absolute Gasteiger partial charge is 0.211 e. The summed E-state index contributed by atoms with van der Waals surface area (Å²) in [5, 5.41) is 0. The molecule has 0 aromatic carbocycles. The van der Waals surface area contributed by atoms with Gasteiger partial charge in [-0.1, -0.05) is 6.92 Å². The molecule has 0 aliphatic heterocycles. The van der Waals surface area contributed by atoms with Crippen molar-refractivity contribution in [1.82, 2.24) is 0 Å². The van der Waals surface area contributed by atoms with E-state index in [1.165, 1.54) is 0 Å². The summed E-state index contributed by atoms with van der Waals surface area (Å²) in [4.78, 5) is 0. The van der Waals surface area contributed by atoms with Gasteiger partial charge in [0.15, 0.2) is 0 Å². The first-order chi connectivity index (χ1) is 4.61. The van der Waals surface area contributed by atoms with E-state index in [-0.39, 0.29) is 11.7 Å². The highest BCUT2D eigenvalue weighted by atomic mass is 19.1. The molecule has 1 aliphatic carbocycles. The van der Waals surface area contributed by atoms with Crippen LogP contribution in [0.2, 0.25) is 0 Å². The number of hydrogen-bond donors (Lipinski definition) is 0. The maximum absolute atomic E-state index is 12.6. The van der Waals surface area contributed by atoms with Crippen LogP contribution < -0.4 is 0 Å². The molecule has 0 spiro atoms. The second kappa shape index (κ2) is 2.52. The number of hydrogen-bond acceptors (Lipinski definition) is 0. The highest BCUT2D eigenvalue weighted by Crippen LogP contribution is 2.29. The smallest absolute Gasteiger partial charge is 0.124 e. The summed E-state index contributed by atoms with van der Waals surface area (Å²) in [6.07, 6.45) is 1.48. The lowest BCUT2D eigenvalue weighted by Gasteiger charge is -2.14. The molecule has 0 radical (unpaired) electrons. The van der Waals surface area contributed by atoms with E-state index in [0.29, 0.717) is 12.0 Å². The fraction of sp³-hybridized carbons (Fsp3) is 0.500. The zero-order chi connectivity index (χ0) is 7.72. The van der Waals surface area contributed by atoms with Crippen LogP contribution >= 0.6 is 0 Å². The molecular formula is C8H10F2. The minimum Gasteiger partial charge on any atom is -0.211 e.